The fraction of sp³-hybridized carbons (Fsp3) is 0.750. The zero-order chi connectivity index (χ0) is 5.21. The summed E-state index contributed by atoms with van der Waals surface area (Å²) in [7, 11) is 0.839. The van der Waals surface area contributed by atoms with E-state index in [1.54, 1.807) is 0 Å². The summed E-state index contributed by atoms with van der Waals surface area (Å²) in [6, 6.07) is 0. The van der Waals surface area contributed by atoms with Gasteiger partial charge in [0, 0.05) is 0 Å². The van der Waals surface area contributed by atoms with Gasteiger partial charge in [0.15, 0.2) is 0 Å². The average molecular weight is 119 g/mol. The molecule has 0 amide bonds. The van der Waals surface area contributed by atoms with Crippen LogP contribution < -0.4 is 0 Å². The van der Waals surface area contributed by atoms with Crippen molar-refractivity contribution in [2.45, 2.75) is 18.3 Å². The van der Waals surface area contributed by atoms with E-state index in [1.165, 1.54) is 0 Å². The first-order valence-corrected chi connectivity index (χ1v) is 3.12. The molecule has 0 aliphatic carbocycles. The molecule has 0 saturated carbocycles. The van der Waals surface area contributed by atoms with Crippen LogP contribution in [0.4, 0.5) is 0 Å². The van der Waals surface area contributed by atoms with Crippen LogP contribution in [-0.2, 0) is 0 Å². The van der Waals surface area contributed by atoms with Crippen LogP contribution >= 0.6 is 20.7 Å². The first-order chi connectivity index (χ1) is 2.56. The van der Waals surface area contributed by atoms with Crippen LogP contribution in [0.2, 0.25) is 0 Å². The molecule has 0 spiro atoms. The number of hydrogen-bond donors (Lipinski definition) is 1. The number of rotatable bonds is 0. The fourth-order valence-corrected chi connectivity index (χ4v) is 0. The topological polar surface area (TPSA) is 0 Å². The van der Waals surface area contributed by atoms with Crippen LogP contribution in [-0.4, -0.2) is 4.49 Å². The summed E-state index contributed by atoms with van der Waals surface area (Å²) >= 11 is 4.12. The second-order valence-corrected chi connectivity index (χ2v) is 4.47. The van der Waals surface area contributed by atoms with Crippen LogP contribution in [0.5, 0.6) is 0 Å². The van der Waals surface area contributed by atoms with Crippen molar-refractivity contribution in [1.82, 2.24) is 0 Å². The average Bonchev–Trinajstić information content (AvgIpc) is 1.35. The summed E-state index contributed by atoms with van der Waals surface area (Å²) < 4.78 is -0.0139. The monoisotopic (exact) mass is 119 g/mol. The molecule has 0 nitrogen and oxygen atoms in total. The summed E-state index contributed by atoms with van der Waals surface area (Å²) in [6.45, 7) is 3.94. The van der Waals surface area contributed by atoms with E-state index in [1.807, 2.05) is 13.8 Å². The minimum atomic E-state index is -0.0139. The summed E-state index contributed by atoms with van der Waals surface area (Å²) in [5.74, 6) is 0. The zero-order valence-corrected chi connectivity index (χ0v) is 5.76. The van der Waals surface area contributed by atoms with Gasteiger partial charge in [0.2, 0.25) is 0 Å². The quantitative estimate of drug-likeness (QED) is 0.366. The third kappa shape index (κ3) is 4.56. The third-order valence-electron chi connectivity index (χ3n) is 0.316. The first-order valence-electron chi connectivity index (χ1n) is 1.71. The van der Waals surface area contributed by atoms with Crippen LogP contribution in [0.1, 0.15) is 13.8 Å². The van der Waals surface area contributed by atoms with Crippen molar-refractivity contribution < 1.29 is 0 Å². The van der Waals surface area contributed by atoms with E-state index in [9.17, 15) is 0 Å². The van der Waals surface area contributed by atoms with E-state index in [-0.39, 0.29) is 4.49 Å². The summed E-state index contributed by atoms with van der Waals surface area (Å²) in [5, 5.41) is 0. The molecule has 6 heavy (non-hydrogen) atoms. The van der Waals surface area contributed by atoms with Crippen molar-refractivity contribution in [3.63, 3.8) is 0 Å². The van der Waals surface area contributed by atoms with Crippen molar-refractivity contribution in [1.29, 1.82) is 0 Å². The molecule has 2 heteroatoms. The molecule has 0 bridgehead atoms. The van der Waals surface area contributed by atoms with E-state index in [2.05, 4.69) is 12.6 Å². The Hall–Kier alpha value is 0.560. The molecule has 0 radical (unpaired) electrons. The van der Waals surface area contributed by atoms with Gasteiger partial charge in [-0.15, -0.1) is 0 Å². The minimum absolute atomic E-state index is 0.0139. The predicted molar refractivity (Wildman–Crippen MR) is 34.9 cm³/mol. The van der Waals surface area contributed by atoms with Gasteiger partial charge in [0.1, 0.15) is 0 Å². The maximum atomic E-state index is 5.20. The predicted octanol–water partition coefficient (Wildman–Crippen LogP) is 2.19. The molecule has 0 rings (SSSR count). The van der Waals surface area contributed by atoms with Crippen molar-refractivity contribution in [3.8, 4) is 6.13 Å². The summed E-state index contributed by atoms with van der Waals surface area (Å²) in [4.78, 5) is 0. The van der Waals surface area contributed by atoms with Crippen LogP contribution in [0, 0.1) is 6.13 Å². The molecule has 0 saturated heterocycles. The van der Waals surface area contributed by atoms with E-state index in [4.69, 9.17) is 6.13 Å². The van der Waals surface area contributed by atoms with E-state index >= 15 is 0 Å². The van der Waals surface area contributed by atoms with Gasteiger partial charge in [0.25, 0.3) is 0 Å². The summed E-state index contributed by atoms with van der Waals surface area (Å²) in [5.41, 5.74) is 0. The molecule has 0 unspecified atom stereocenters. The number of hydrogen-bond acceptors (Lipinski definition) is 1. The number of thiol groups is 1. The Morgan fingerprint density at radius 1 is 1.67 bits per heavy atom. The van der Waals surface area contributed by atoms with E-state index in [0.29, 0.717) is 0 Å². The van der Waals surface area contributed by atoms with Gasteiger partial charge in [-0.05, 0) is 0 Å². The Bertz CT molecular complexity index is 74.5. The Balaban J connectivity index is 3.55. The van der Waals surface area contributed by atoms with Gasteiger partial charge in [-0.1, -0.05) is 0 Å². The second-order valence-electron chi connectivity index (χ2n) is 1.62. The Morgan fingerprint density at radius 2 is 1.83 bits per heavy atom. The van der Waals surface area contributed by atoms with Crippen molar-refractivity contribution >= 4 is 20.7 Å². The van der Waals surface area contributed by atoms with Gasteiger partial charge in [0.05, 0.1) is 0 Å². The SMILES string of the molecule is C#[P+]C(C)(C)S. The Labute approximate surface area is 45.8 Å². The maximum absolute atomic E-state index is 5.20. The van der Waals surface area contributed by atoms with Crippen LogP contribution in [0.25, 0.3) is 0 Å². The van der Waals surface area contributed by atoms with E-state index < -0.39 is 0 Å². The molecule has 0 aromatic heterocycles. The molecule has 0 fully saturated rings. The van der Waals surface area contributed by atoms with E-state index in [0.717, 1.165) is 8.04 Å². The second kappa shape index (κ2) is 2.02. The molecule has 0 N–H and O–H groups in total. The standard InChI is InChI=1S/C4H7PS/c1-4(2,6)5-3/h3H,1-2H3/p+1. The van der Waals surface area contributed by atoms with Crippen molar-refractivity contribution in [2.75, 3.05) is 0 Å². The normalized spacial score (nSPS) is 11.0. The van der Waals surface area contributed by atoms with Gasteiger partial charge in [-0.3, -0.25) is 0 Å². The summed E-state index contributed by atoms with van der Waals surface area (Å²) in [6.07, 6.45) is 5.20. The molecule has 0 aromatic carbocycles. The molecular formula is C4H8PS+. The fourth-order valence-electron chi connectivity index (χ4n) is 0. The van der Waals surface area contributed by atoms with Crippen LogP contribution in [0.3, 0.4) is 0 Å². The first kappa shape index (κ1) is 6.56. The molecule has 0 heterocycles. The third-order valence-corrected chi connectivity index (χ3v) is 1.29. The van der Waals surface area contributed by atoms with Gasteiger partial charge >= 0.3 is 45.1 Å². The zero-order valence-electron chi connectivity index (χ0n) is 3.97. The Morgan fingerprint density at radius 3 is 1.83 bits per heavy atom. The molecule has 34 valence electrons. The molecular weight excluding hydrogens is 111 g/mol. The molecule has 0 aliphatic heterocycles. The molecule has 0 atom stereocenters. The van der Waals surface area contributed by atoms with Crippen molar-refractivity contribution in [3.05, 3.63) is 0 Å². The molecule has 0 aromatic rings. The van der Waals surface area contributed by atoms with Gasteiger partial charge in [-0.25, -0.2) is 0 Å². The Kier molecular flexibility index (Phi) is 2.21. The van der Waals surface area contributed by atoms with Gasteiger partial charge in [-0.2, -0.15) is 0 Å². The van der Waals surface area contributed by atoms with Crippen LogP contribution in [0.15, 0.2) is 0 Å². The van der Waals surface area contributed by atoms with Gasteiger partial charge < -0.3 is 0 Å². The van der Waals surface area contributed by atoms with Crippen molar-refractivity contribution in [2.24, 2.45) is 0 Å². The molecule has 0 aliphatic rings.